The van der Waals surface area contributed by atoms with E-state index in [1.54, 1.807) is 20.3 Å². The van der Waals surface area contributed by atoms with Crippen LogP contribution in [0.2, 0.25) is 0 Å². The Morgan fingerprint density at radius 2 is 2.00 bits per heavy atom. The fourth-order valence-electron chi connectivity index (χ4n) is 3.81. The molecule has 1 aliphatic carbocycles. The molecule has 1 fully saturated rings. The first-order valence-corrected chi connectivity index (χ1v) is 8.78. The lowest BCUT2D eigenvalue weighted by molar-refractivity contribution is 0.345. The van der Waals surface area contributed by atoms with Crippen molar-refractivity contribution >= 4 is 0 Å². The Morgan fingerprint density at radius 1 is 1.16 bits per heavy atom. The summed E-state index contributed by atoms with van der Waals surface area (Å²) in [5, 5.41) is 3.72. The van der Waals surface area contributed by atoms with E-state index in [9.17, 15) is 4.79 Å². The Kier molecular flexibility index (Phi) is 5.43. The van der Waals surface area contributed by atoms with E-state index in [0.717, 1.165) is 36.3 Å². The van der Waals surface area contributed by atoms with Gasteiger partial charge in [-0.2, -0.15) is 0 Å². The smallest absolute Gasteiger partial charge is 0.247 e. The molecule has 0 aliphatic heterocycles. The van der Waals surface area contributed by atoms with Crippen molar-refractivity contribution in [2.24, 2.45) is 0 Å². The minimum absolute atomic E-state index is 0.0461. The van der Waals surface area contributed by atoms with E-state index in [4.69, 9.17) is 9.47 Å². The standard InChI is InChI=1S/C20H26N2O3/c1-13(17-5-4-6-18(24-2)20(17)25-3)22-16-9-7-14(11-16)15-8-10-19(23)21-12-15/h4-6,8,10,12-14,16,22H,7,9,11H2,1-3H3,(H,21,23)/t13-,14+,16?/m1/s1. The van der Waals surface area contributed by atoms with Crippen molar-refractivity contribution < 1.29 is 9.47 Å². The third-order valence-corrected chi connectivity index (χ3v) is 5.10. The van der Waals surface area contributed by atoms with Crippen molar-refractivity contribution in [1.29, 1.82) is 0 Å². The predicted molar refractivity (Wildman–Crippen MR) is 98.5 cm³/mol. The fourth-order valence-corrected chi connectivity index (χ4v) is 3.81. The summed E-state index contributed by atoms with van der Waals surface area (Å²) in [6.07, 6.45) is 5.18. The van der Waals surface area contributed by atoms with Crippen LogP contribution in [-0.2, 0) is 0 Å². The fraction of sp³-hybridized carbons (Fsp3) is 0.450. The zero-order valence-electron chi connectivity index (χ0n) is 15.0. The second kappa shape index (κ2) is 7.74. The Labute approximate surface area is 148 Å². The van der Waals surface area contributed by atoms with E-state index in [0.29, 0.717) is 12.0 Å². The monoisotopic (exact) mass is 342 g/mol. The van der Waals surface area contributed by atoms with E-state index >= 15 is 0 Å². The molecule has 3 atom stereocenters. The van der Waals surface area contributed by atoms with Gasteiger partial charge in [-0.25, -0.2) is 0 Å². The Balaban J connectivity index is 1.67. The molecule has 1 aromatic carbocycles. The molecule has 0 radical (unpaired) electrons. The van der Waals surface area contributed by atoms with Gasteiger partial charge in [-0.3, -0.25) is 4.79 Å². The van der Waals surface area contributed by atoms with E-state index in [2.05, 4.69) is 23.3 Å². The lowest BCUT2D eigenvalue weighted by Crippen LogP contribution is -2.29. The molecule has 1 heterocycles. The maximum Gasteiger partial charge on any atom is 0.247 e. The summed E-state index contributed by atoms with van der Waals surface area (Å²) in [5.41, 5.74) is 2.28. The van der Waals surface area contributed by atoms with Crippen LogP contribution in [0.15, 0.2) is 41.3 Å². The molecule has 0 bridgehead atoms. The molecule has 0 spiro atoms. The highest BCUT2D eigenvalue weighted by atomic mass is 16.5. The number of rotatable bonds is 6. The van der Waals surface area contributed by atoms with Crippen LogP contribution in [0.25, 0.3) is 0 Å². The van der Waals surface area contributed by atoms with Crippen molar-refractivity contribution in [3.63, 3.8) is 0 Å². The van der Waals surface area contributed by atoms with E-state index in [1.165, 1.54) is 5.56 Å². The highest BCUT2D eigenvalue weighted by Crippen LogP contribution is 2.37. The number of methoxy groups -OCH3 is 2. The van der Waals surface area contributed by atoms with Crippen molar-refractivity contribution in [2.75, 3.05) is 14.2 Å². The molecular weight excluding hydrogens is 316 g/mol. The summed E-state index contributed by atoms with van der Waals surface area (Å²) in [5.74, 6) is 2.04. The highest BCUT2D eigenvalue weighted by Gasteiger charge is 2.28. The third-order valence-electron chi connectivity index (χ3n) is 5.10. The second-order valence-electron chi connectivity index (χ2n) is 6.66. The number of pyridine rings is 1. The van der Waals surface area contributed by atoms with Gasteiger partial charge in [0, 0.05) is 29.9 Å². The van der Waals surface area contributed by atoms with Crippen LogP contribution in [0.1, 0.15) is 49.3 Å². The molecule has 1 unspecified atom stereocenters. The number of nitrogens with one attached hydrogen (secondary N) is 2. The van der Waals surface area contributed by atoms with Gasteiger partial charge in [0.1, 0.15) is 0 Å². The summed E-state index contributed by atoms with van der Waals surface area (Å²) in [6.45, 7) is 2.16. The molecule has 2 N–H and O–H groups in total. The summed E-state index contributed by atoms with van der Waals surface area (Å²) in [6, 6.07) is 10.2. The molecule has 1 saturated carbocycles. The number of H-pyrrole nitrogens is 1. The molecule has 2 aromatic rings. The van der Waals surface area contributed by atoms with Crippen molar-refractivity contribution in [2.45, 2.75) is 44.2 Å². The lowest BCUT2D eigenvalue weighted by Gasteiger charge is -2.23. The van der Waals surface area contributed by atoms with Crippen LogP contribution in [0.3, 0.4) is 0 Å². The Hall–Kier alpha value is -2.27. The number of aromatic amines is 1. The summed E-state index contributed by atoms with van der Waals surface area (Å²) >= 11 is 0. The quantitative estimate of drug-likeness (QED) is 0.845. The molecule has 5 nitrogen and oxygen atoms in total. The van der Waals surface area contributed by atoms with Gasteiger partial charge in [0.2, 0.25) is 5.56 Å². The van der Waals surface area contributed by atoms with Gasteiger partial charge < -0.3 is 19.8 Å². The van der Waals surface area contributed by atoms with Gasteiger partial charge in [-0.15, -0.1) is 0 Å². The average Bonchev–Trinajstić information content (AvgIpc) is 3.09. The molecular formula is C20H26N2O3. The number of para-hydroxylation sites is 1. The van der Waals surface area contributed by atoms with Gasteiger partial charge in [-0.1, -0.05) is 18.2 Å². The largest absolute Gasteiger partial charge is 0.493 e. The second-order valence-corrected chi connectivity index (χ2v) is 6.66. The van der Waals surface area contributed by atoms with E-state index in [-0.39, 0.29) is 11.6 Å². The summed E-state index contributed by atoms with van der Waals surface area (Å²) < 4.78 is 11.0. The summed E-state index contributed by atoms with van der Waals surface area (Å²) in [4.78, 5) is 14.0. The first kappa shape index (κ1) is 17.5. The molecule has 134 valence electrons. The van der Waals surface area contributed by atoms with Crippen molar-refractivity contribution in [3.8, 4) is 11.5 Å². The molecule has 1 aromatic heterocycles. The first-order chi connectivity index (χ1) is 12.1. The molecule has 25 heavy (non-hydrogen) atoms. The van der Waals surface area contributed by atoms with Gasteiger partial charge in [0.05, 0.1) is 14.2 Å². The lowest BCUT2D eigenvalue weighted by atomic mass is 9.99. The van der Waals surface area contributed by atoms with E-state index < -0.39 is 0 Å². The number of aromatic nitrogens is 1. The molecule has 3 rings (SSSR count). The van der Waals surface area contributed by atoms with Crippen LogP contribution in [0, 0.1) is 0 Å². The number of hydrogen-bond acceptors (Lipinski definition) is 4. The van der Waals surface area contributed by atoms with Crippen LogP contribution in [0.4, 0.5) is 0 Å². The summed E-state index contributed by atoms with van der Waals surface area (Å²) in [7, 11) is 3.33. The minimum Gasteiger partial charge on any atom is -0.493 e. The first-order valence-electron chi connectivity index (χ1n) is 8.78. The zero-order chi connectivity index (χ0) is 17.8. The van der Waals surface area contributed by atoms with Gasteiger partial charge in [-0.05, 0) is 43.7 Å². The number of ether oxygens (including phenoxy) is 2. The maximum atomic E-state index is 11.2. The van der Waals surface area contributed by atoms with Gasteiger partial charge in [0.25, 0.3) is 0 Å². The topological polar surface area (TPSA) is 63.3 Å². The zero-order valence-corrected chi connectivity index (χ0v) is 15.0. The van der Waals surface area contributed by atoms with Gasteiger partial charge in [0.15, 0.2) is 11.5 Å². The van der Waals surface area contributed by atoms with Crippen LogP contribution >= 0.6 is 0 Å². The normalized spacial score (nSPS) is 21.1. The Morgan fingerprint density at radius 3 is 2.68 bits per heavy atom. The third kappa shape index (κ3) is 3.87. The predicted octanol–water partition coefficient (Wildman–Crippen LogP) is 3.38. The van der Waals surface area contributed by atoms with Crippen molar-refractivity contribution in [3.05, 3.63) is 58.0 Å². The highest BCUT2D eigenvalue weighted by molar-refractivity contribution is 5.48. The van der Waals surface area contributed by atoms with E-state index in [1.807, 2.05) is 24.4 Å². The van der Waals surface area contributed by atoms with Crippen LogP contribution < -0.4 is 20.3 Å². The average molecular weight is 342 g/mol. The molecule has 5 heteroatoms. The maximum absolute atomic E-state index is 11.2. The number of hydrogen-bond donors (Lipinski definition) is 2. The van der Waals surface area contributed by atoms with Crippen LogP contribution in [-0.4, -0.2) is 25.2 Å². The minimum atomic E-state index is -0.0461. The molecule has 1 aliphatic rings. The molecule has 0 amide bonds. The van der Waals surface area contributed by atoms with Crippen LogP contribution in [0.5, 0.6) is 11.5 Å². The Bertz CT molecular complexity index is 751. The number of benzene rings is 1. The van der Waals surface area contributed by atoms with Crippen molar-refractivity contribution in [1.82, 2.24) is 10.3 Å². The SMILES string of the molecule is COc1cccc([C@@H](C)NC2CC[C@H](c3ccc(=O)[nH]c3)C2)c1OC. The van der Waals surface area contributed by atoms with Gasteiger partial charge >= 0.3 is 0 Å². The molecule has 0 saturated heterocycles.